The van der Waals surface area contributed by atoms with Crippen LogP contribution < -0.4 is 5.73 Å². The minimum atomic E-state index is 0.162. The second-order valence-corrected chi connectivity index (χ2v) is 5.83. The van der Waals surface area contributed by atoms with Crippen LogP contribution in [0.2, 0.25) is 0 Å². The zero-order valence-corrected chi connectivity index (χ0v) is 11.6. The molecule has 0 saturated carbocycles. The van der Waals surface area contributed by atoms with Crippen LogP contribution in [-0.2, 0) is 17.7 Å². The van der Waals surface area contributed by atoms with Crippen molar-refractivity contribution in [1.29, 1.82) is 0 Å². The predicted octanol–water partition coefficient (Wildman–Crippen LogP) is 1.94. The van der Waals surface area contributed by atoms with Crippen LogP contribution in [0.4, 0.5) is 0 Å². The first-order chi connectivity index (χ1) is 9.34. The molecule has 0 aliphatic carbocycles. The lowest BCUT2D eigenvalue weighted by Gasteiger charge is -2.45. The molecule has 0 amide bonds. The van der Waals surface area contributed by atoms with Crippen molar-refractivity contribution in [3.63, 3.8) is 0 Å². The molecule has 1 fully saturated rings. The number of aryl methyl sites for hydroxylation is 1. The SMILES string of the molecule is NCC1(N2CCCc3ccccc3C2)CCOCC1. The third-order valence-electron chi connectivity index (χ3n) is 4.83. The van der Waals surface area contributed by atoms with Crippen molar-refractivity contribution < 1.29 is 4.74 Å². The number of benzene rings is 1. The summed E-state index contributed by atoms with van der Waals surface area (Å²) in [7, 11) is 0. The molecule has 2 heterocycles. The van der Waals surface area contributed by atoms with Gasteiger partial charge in [0.1, 0.15) is 0 Å². The number of nitrogens with two attached hydrogens (primary N) is 1. The number of ether oxygens (including phenoxy) is 1. The van der Waals surface area contributed by atoms with E-state index in [1.165, 1.54) is 24.0 Å². The molecule has 1 aromatic carbocycles. The van der Waals surface area contributed by atoms with E-state index in [0.717, 1.165) is 45.7 Å². The van der Waals surface area contributed by atoms with Crippen molar-refractivity contribution in [3.8, 4) is 0 Å². The Morgan fingerprint density at radius 1 is 1.16 bits per heavy atom. The van der Waals surface area contributed by atoms with Gasteiger partial charge in [-0.3, -0.25) is 4.90 Å². The highest BCUT2D eigenvalue weighted by Crippen LogP contribution is 2.31. The molecule has 2 aliphatic rings. The van der Waals surface area contributed by atoms with Gasteiger partial charge in [0.05, 0.1) is 0 Å². The summed E-state index contributed by atoms with van der Waals surface area (Å²) in [6, 6.07) is 8.86. The Morgan fingerprint density at radius 3 is 2.63 bits per heavy atom. The average Bonchev–Trinajstić information content (AvgIpc) is 2.70. The van der Waals surface area contributed by atoms with E-state index in [2.05, 4.69) is 29.2 Å². The monoisotopic (exact) mass is 260 g/mol. The molecule has 0 atom stereocenters. The topological polar surface area (TPSA) is 38.5 Å². The van der Waals surface area contributed by atoms with Crippen molar-refractivity contribution in [1.82, 2.24) is 4.90 Å². The van der Waals surface area contributed by atoms with Gasteiger partial charge >= 0.3 is 0 Å². The molecule has 19 heavy (non-hydrogen) atoms. The average molecular weight is 260 g/mol. The summed E-state index contributed by atoms with van der Waals surface area (Å²) < 4.78 is 5.54. The van der Waals surface area contributed by atoms with Crippen LogP contribution in [0.3, 0.4) is 0 Å². The number of fused-ring (bicyclic) bond motifs is 1. The molecule has 3 rings (SSSR count). The van der Waals surface area contributed by atoms with Crippen LogP contribution in [-0.4, -0.2) is 36.7 Å². The second-order valence-electron chi connectivity index (χ2n) is 5.83. The molecule has 104 valence electrons. The first kappa shape index (κ1) is 13.1. The smallest absolute Gasteiger partial charge is 0.0484 e. The molecule has 1 saturated heterocycles. The number of rotatable bonds is 2. The molecule has 1 aromatic rings. The predicted molar refractivity (Wildman–Crippen MR) is 77.0 cm³/mol. The maximum Gasteiger partial charge on any atom is 0.0484 e. The lowest BCUT2D eigenvalue weighted by molar-refractivity contribution is -0.0276. The maximum absolute atomic E-state index is 6.14. The van der Waals surface area contributed by atoms with Crippen LogP contribution in [0.15, 0.2) is 24.3 Å². The van der Waals surface area contributed by atoms with Crippen molar-refractivity contribution >= 4 is 0 Å². The van der Waals surface area contributed by atoms with Gasteiger partial charge < -0.3 is 10.5 Å². The van der Waals surface area contributed by atoms with Gasteiger partial charge in [0.2, 0.25) is 0 Å². The summed E-state index contributed by atoms with van der Waals surface area (Å²) in [4.78, 5) is 2.63. The van der Waals surface area contributed by atoms with Gasteiger partial charge in [-0.05, 0) is 43.4 Å². The van der Waals surface area contributed by atoms with Crippen molar-refractivity contribution in [2.45, 2.75) is 37.8 Å². The minimum Gasteiger partial charge on any atom is -0.381 e. The van der Waals surface area contributed by atoms with Gasteiger partial charge in [-0.25, -0.2) is 0 Å². The van der Waals surface area contributed by atoms with Crippen molar-refractivity contribution in [3.05, 3.63) is 35.4 Å². The van der Waals surface area contributed by atoms with Crippen molar-refractivity contribution in [2.75, 3.05) is 26.3 Å². The lowest BCUT2D eigenvalue weighted by Crippen LogP contribution is -2.56. The molecule has 2 aliphatic heterocycles. The van der Waals surface area contributed by atoms with Crippen molar-refractivity contribution in [2.24, 2.45) is 5.73 Å². The third kappa shape index (κ3) is 2.55. The number of nitrogens with zero attached hydrogens (tertiary/aromatic N) is 1. The molecule has 0 spiro atoms. The summed E-state index contributed by atoms with van der Waals surface area (Å²) in [6.07, 6.45) is 4.58. The minimum absolute atomic E-state index is 0.162. The van der Waals surface area contributed by atoms with Gasteiger partial charge in [-0.15, -0.1) is 0 Å². The number of hydrogen-bond acceptors (Lipinski definition) is 3. The summed E-state index contributed by atoms with van der Waals surface area (Å²) in [6.45, 7) is 4.67. The van der Waals surface area contributed by atoms with E-state index < -0.39 is 0 Å². The van der Waals surface area contributed by atoms with Crippen LogP contribution in [0.1, 0.15) is 30.4 Å². The van der Waals surface area contributed by atoms with E-state index in [1.807, 2.05) is 0 Å². The Kier molecular flexibility index (Phi) is 3.87. The van der Waals surface area contributed by atoms with E-state index in [9.17, 15) is 0 Å². The molecular weight excluding hydrogens is 236 g/mol. The Morgan fingerprint density at radius 2 is 1.89 bits per heavy atom. The number of hydrogen-bond donors (Lipinski definition) is 1. The summed E-state index contributed by atoms with van der Waals surface area (Å²) >= 11 is 0. The Balaban J connectivity index is 1.84. The summed E-state index contributed by atoms with van der Waals surface area (Å²) in [5.74, 6) is 0. The maximum atomic E-state index is 6.14. The highest BCUT2D eigenvalue weighted by molar-refractivity contribution is 5.28. The molecule has 3 heteroatoms. The molecule has 0 radical (unpaired) electrons. The van der Waals surface area contributed by atoms with E-state index in [4.69, 9.17) is 10.5 Å². The fourth-order valence-corrected chi connectivity index (χ4v) is 3.51. The Hall–Kier alpha value is -0.900. The van der Waals surface area contributed by atoms with Gasteiger partial charge in [0.25, 0.3) is 0 Å². The highest BCUT2D eigenvalue weighted by atomic mass is 16.5. The zero-order chi connectivity index (χ0) is 13.1. The fraction of sp³-hybridized carbons (Fsp3) is 0.625. The van der Waals surface area contributed by atoms with E-state index >= 15 is 0 Å². The van der Waals surface area contributed by atoms with E-state index in [0.29, 0.717) is 0 Å². The Labute approximate surface area is 115 Å². The van der Waals surface area contributed by atoms with Crippen LogP contribution in [0, 0.1) is 0 Å². The van der Waals surface area contributed by atoms with Gasteiger partial charge in [0, 0.05) is 31.8 Å². The lowest BCUT2D eigenvalue weighted by atomic mass is 9.87. The molecule has 0 bridgehead atoms. The van der Waals surface area contributed by atoms with Crippen LogP contribution in [0.5, 0.6) is 0 Å². The largest absolute Gasteiger partial charge is 0.381 e. The van der Waals surface area contributed by atoms with E-state index in [1.54, 1.807) is 0 Å². The first-order valence-corrected chi connectivity index (χ1v) is 7.44. The highest BCUT2D eigenvalue weighted by Gasteiger charge is 2.37. The summed E-state index contributed by atoms with van der Waals surface area (Å²) in [5, 5.41) is 0. The quantitative estimate of drug-likeness (QED) is 0.883. The van der Waals surface area contributed by atoms with Gasteiger partial charge in [-0.2, -0.15) is 0 Å². The second kappa shape index (κ2) is 5.61. The fourth-order valence-electron chi connectivity index (χ4n) is 3.51. The molecule has 2 N–H and O–H groups in total. The molecular formula is C16H24N2O. The third-order valence-corrected chi connectivity index (χ3v) is 4.83. The van der Waals surface area contributed by atoms with Gasteiger partial charge in [-0.1, -0.05) is 24.3 Å². The summed E-state index contributed by atoms with van der Waals surface area (Å²) in [5.41, 5.74) is 9.31. The molecule has 3 nitrogen and oxygen atoms in total. The molecule has 0 aromatic heterocycles. The Bertz CT molecular complexity index is 427. The zero-order valence-electron chi connectivity index (χ0n) is 11.6. The van der Waals surface area contributed by atoms with Gasteiger partial charge in [0.15, 0.2) is 0 Å². The van der Waals surface area contributed by atoms with Crippen LogP contribution >= 0.6 is 0 Å². The standard InChI is InChI=1S/C16H24N2O/c17-13-16(7-10-19-11-8-16)18-9-3-6-14-4-1-2-5-15(14)12-18/h1-2,4-5H,3,6-13,17H2. The van der Waals surface area contributed by atoms with E-state index in [-0.39, 0.29) is 5.54 Å². The first-order valence-electron chi connectivity index (χ1n) is 7.44. The van der Waals surface area contributed by atoms with Crippen LogP contribution in [0.25, 0.3) is 0 Å². The molecule has 0 unspecified atom stereocenters. The normalized spacial score (nSPS) is 23.6.